The maximum absolute atomic E-state index is 12.3. The van der Waals surface area contributed by atoms with Gasteiger partial charge in [-0.05, 0) is 29.7 Å². The number of hydrogen-bond acceptors (Lipinski definition) is 3. The number of nitrogens with one attached hydrogen (secondary N) is 1. The molecule has 6 nitrogen and oxygen atoms in total. The number of aliphatic carboxylic acids is 1. The standard InChI is InChI=1S/C18H17ClN2O4/c19-14-10-12(11-4-2-1-3-5-11)6-7-13(14)18(25)21-15(17(20)24)8-9-16(22)23/h1-7,10,15H,8-9H2,(H2,20,24)(H,21,25)(H,22,23)/t15-/m0/s1. The highest BCUT2D eigenvalue weighted by Gasteiger charge is 2.21. The number of halogens is 1. The molecule has 0 aromatic heterocycles. The highest BCUT2D eigenvalue weighted by Crippen LogP contribution is 2.25. The van der Waals surface area contributed by atoms with Crippen LogP contribution in [0.2, 0.25) is 5.02 Å². The van der Waals surface area contributed by atoms with E-state index in [1.165, 1.54) is 0 Å². The van der Waals surface area contributed by atoms with Gasteiger partial charge in [0.15, 0.2) is 0 Å². The van der Waals surface area contributed by atoms with Gasteiger partial charge in [-0.1, -0.05) is 48.0 Å². The van der Waals surface area contributed by atoms with E-state index >= 15 is 0 Å². The van der Waals surface area contributed by atoms with Crippen LogP contribution in [0.3, 0.4) is 0 Å². The molecule has 2 amide bonds. The lowest BCUT2D eigenvalue weighted by Crippen LogP contribution is -2.44. The monoisotopic (exact) mass is 360 g/mol. The Bertz CT molecular complexity index is 793. The van der Waals surface area contributed by atoms with Crippen LogP contribution in [0.1, 0.15) is 23.2 Å². The van der Waals surface area contributed by atoms with Gasteiger partial charge in [0, 0.05) is 6.42 Å². The van der Waals surface area contributed by atoms with Gasteiger partial charge >= 0.3 is 5.97 Å². The summed E-state index contributed by atoms with van der Waals surface area (Å²) < 4.78 is 0. The summed E-state index contributed by atoms with van der Waals surface area (Å²) in [6, 6.07) is 13.4. The van der Waals surface area contributed by atoms with Crippen LogP contribution in [0, 0.1) is 0 Å². The molecule has 0 aliphatic heterocycles. The number of benzene rings is 2. The van der Waals surface area contributed by atoms with Crippen molar-refractivity contribution >= 4 is 29.4 Å². The Morgan fingerprint density at radius 3 is 2.32 bits per heavy atom. The molecule has 0 saturated carbocycles. The molecule has 0 spiro atoms. The van der Waals surface area contributed by atoms with Crippen molar-refractivity contribution in [3.8, 4) is 11.1 Å². The van der Waals surface area contributed by atoms with Gasteiger partial charge in [0.25, 0.3) is 5.91 Å². The largest absolute Gasteiger partial charge is 0.481 e. The van der Waals surface area contributed by atoms with Crippen molar-refractivity contribution in [3.05, 3.63) is 59.1 Å². The smallest absolute Gasteiger partial charge is 0.303 e. The number of carbonyl (C=O) groups is 3. The zero-order chi connectivity index (χ0) is 18.4. The summed E-state index contributed by atoms with van der Waals surface area (Å²) in [5, 5.41) is 11.3. The molecule has 0 heterocycles. The summed E-state index contributed by atoms with van der Waals surface area (Å²) >= 11 is 6.19. The first-order chi connectivity index (χ1) is 11.9. The lowest BCUT2D eigenvalue weighted by Gasteiger charge is -2.15. The topological polar surface area (TPSA) is 109 Å². The van der Waals surface area contributed by atoms with Gasteiger partial charge in [0.05, 0.1) is 10.6 Å². The minimum absolute atomic E-state index is 0.0872. The van der Waals surface area contributed by atoms with Gasteiger partial charge in [-0.25, -0.2) is 0 Å². The number of hydrogen-bond donors (Lipinski definition) is 3. The summed E-state index contributed by atoms with van der Waals surface area (Å²) in [5.74, 6) is -2.46. The third-order valence-corrected chi connectivity index (χ3v) is 3.93. The number of rotatable bonds is 7. The van der Waals surface area contributed by atoms with Crippen molar-refractivity contribution < 1.29 is 19.5 Å². The fourth-order valence-electron chi connectivity index (χ4n) is 2.30. The van der Waals surface area contributed by atoms with Gasteiger partial charge in [-0.2, -0.15) is 0 Å². The average Bonchev–Trinajstić information content (AvgIpc) is 2.58. The minimum atomic E-state index is -1.08. The molecule has 0 unspecified atom stereocenters. The van der Waals surface area contributed by atoms with E-state index in [1.54, 1.807) is 18.2 Å². The minimum Gasteiger partial charge on any atom is -0.481 e. The number of primary amides is 1. The second-order valence-corrected chi connectivity index (χ2v) is 5.83. The lowest BCUT2D eigenvalue weighted by molar-refractivity contribution is -0.137. The predicted molar refractivity (Wildman–Crippen MR) is 94.2 cm³/mol. The molecule has 2 aromatic rings. The van der Waals surface area contributed by atoms with Crippen molar-refractivity contribution in [3.63, 3.8) is 0 Å². The maximum Gasteiger partial charge on any atom is 0.303 e. The first-order valence-corrected chi connectivity index (χ1v) is 7.93. The quantitative estimate of drug-likeness (QED) is 0.704. The molecule has 7 heteroatoms. The SMILES string of the molecule is NC(=O)[C@H](CCC(=O)O)NC(=O)c1ccc(-c2ccccc2)cc1Cl. The second-order valence-electron chi connectivity index (χ2n) is 5.42. The Morgan fingerprint density at radius 1 is 1.08 bits per heavy atom. The molecule has 0 bridgehead atoms. The van der Waals surface area contributed by atoms with Gasteiger partial charge in [-0.3, -0.25) is 14.4 Å². The molecule has 0 radical (unpaired) electrons. The first kappa shape index (κ1) is 18.5. The third kappa shape index (κ3) is 5.06. The Balaban J connectivity index is 2.16. The first-order valence-electron chi connectivity index (χ1n) is 7.55. The molecular formula is C18H17ClN2O4. The number of carboxylic acids is 1. The Kier molecular flexibility index (Phi) is 6.14. The van der Waals surface area contributed by atoms with Crippen molar-refractivity contribution in [1.82, 2.24) is 5.32 Å². The van der Waals surface area contributed by atoms with E-state index in [2.05, 4.69) is 5.32 Å². The Hall–Kier alpha value is -2.86. The van der Waals surface area contributed by atoms with E-state index in [0.717, 1.165) is 11.1 Å². The van der Waals surface area contributed by atoms with E-state index in [9.17, 15) is 14.4 Å². The van der Waals surface area contributed by atoms with E-state index in [4.69, 9.17) is 22.4 Å². The van der Waals surface area contributed by atoms with Gasteiger partial charge in [0.1, 0.15) is 6.04 Å². The fraction of sp³-hybridized carbons (Fsp3) is 0.167. The summed E-state index contributed by atoms with van der Waals surface area (Å²) in [5.41, 5.74) is 7.19. The predicted octanol–water partition coefficient (Wildman–Crippen LogP) is 2.46. The lowest BCUT2D eigenvalue weighted by atomic mass is 10.0. The molecule has 1 atom stereocenters. The molecule has 0 fully saturated rings. The zero-order valence-corrected chi connectivity index (χ0v) is 14.0. The fourth-order valence-corrected chi connectivity index (χ4v) is 2.57. The normalized spacial score (nSPS) is 11.6. The van der Waals surface area contributed by atoms with Crippen LogP contribution in [-0.4, -0.2) is 28.9 Å². The number of amides is 2. The van der Waals surface area contributed by atoms with Crippen LogP contribution in [0.4, 0.5) is 0 Å². The maximum atomic E-state index is 12.3. The summed E-state index contributed by atoms with van der Waals surface area (Å²) in [6.45, 7) is 0. The number of nitrogens with two attached hydrogens (primary N) is 1. The van der Waals surface area contributed by atoms with Gasteiger partial charge in [0.2, 0.25) is 5.91 Å². The van der Waals surface area contributed by atoms with Crippen LogP contribution in [0.5, 0.6) is 0 Å². The molecule has 0 aliphatic rings. The van der Waals surface area contributed by atoms with Crippen molar-refractivity contribution in [2.24, 2.45) is 5.73 Å². The molecule has 25 heavy (non-hydrogen) atoms. The molecule has 0 aliphatic carbocycles. The molecule has 0 saturated heterocycles. The van der Waals surface area contributed by atoms with Crippen LogP contribution < -0.4 is 11.1 Å². The molecular weight excluding hydrogens is 344 g/mol. The van der Waals surface area contributed by atoms with Crippen LogP contribution in [0.15, 0.2) is 48.5 Å². The van der Waals surface area contributed by atoms with Gasteiger partial charge < -0.3 is 16.2 Å². The molecule has 4 N–H and O–H groups in total. The number of carbonyl (C=O) groups excluding carboxylic acids is 2. The Labute approximate surface area is 149 Å². The highest BCUT2D eigenvalue weighted by molar-refractivity contribution is 6.34. The zero-order valence-electron chi connectivity index (χ0n) is 13.2. The van der Waals surface area contributed by atoms with Crippen molar-refractivity contribution in [1.29, 1.82) is 0 Å². The van der Waals surface area contributed by atoms with E-state index in [-0.39, 0.29) is 23.4 Å². The van der Waals surface area contributed by atoms with Gasteiger partial charge in [-0.15, -0.1) is 0 Å². The summed E-state index contributed by atoms with van der Waals surface area (Å²) in [4.78, 5) is 34.3. The highest BCUT2D eigenvalue weighted by atomic mass is 35.5. The summed E-state index contributed by atoms with van der Waals surface area (Å²) in [7, 11) is 0. The van der Waals surface area contributed by atoms with Crippen LogP contribution in [0.25, 0.3) is 11.1 Å². The average molecular weight is 361 g/mol. The van der Waals surface area contributed by atoms with Crippen LogP contribution >= 0.6 is 11.6 Å². The third-order valence-electron chi connectivity index (χ3n) is 3.62. The van der Waals surface area contributed by atoms with E-state index < -0.39 is 23.8 Å². The number of carboxylic acid groups (broad SMARTS) is 1. The van der Waals surface area contributed by atoms with Crippen molar-refractivity contribution in [2.45, 2.75) is 18.9 Å². The van der Waals surface area contributed by atoms with Crippen molar-refractivity contribution in [2.75, 3.05) is 0 Å². The summed E-state index contributed by atoms with van der Waals surface area (Å²) in [6.07, 6.45) is -0.370. The molecule has 130 valence electrons. The van der Waals surface area contributed by atoms with E-state index in [0.29, 0.717) is 0 Å². The van der Waals surface area contributed by atoms with E-state index in [1.807, 2.05) is 30.3 Å². The molecule has 2 aromatic carbocycles. The Morgan fingerprint density at radius 2 is 1.76 bits per heavy atom. The second kappa shape index (κ2) is 8.30. The van der Waals surface area contributed by atoms with Crippen LogP contribution in [-0.2, 0) is 9.59 Å². The molecule has 2 rings (SSSR count).